The first-order chi connectivity index (χ1) is 13.2. The third-order valence-corrected chi connectivity index (χ3v) is 10.4. The highest BCUT2D eigenvalue weighted by Crippen LogP contribution is 2.68. The van der Waals surface area contributed by atoms with E-state index in [4.69, 9.17) is 0 Å². The number of Topliss-reactive ketones (excluding diaryl/α,β-unsaturated/α-hetero) is 1. The summed E-state index contributed by atoms with van der Waals surface area (Å²) in [5.41, 5.74) is 0.637. The van der Waals surface area contributed by atoms with Crippen LogP contribution in [-0.2, 0) is 4.79 Å². The van der Waals surface area contributed by atoms with Crippen LogP contribution in [0.15, 0.2) is 0 Å². The first kappa shape index (κ1) is 20.8. The Morgan fingerprint density at radius 1 is 1.00 bits per heavy atom. The predicted octanol–water partition coefficient (Wildman–Crippen LogP) is 4.98. The summed E-state index contributed by atoms with van der Waals surface area (Å²) >= 11 is 0. The van der Waals surface area contributed by atoms with Gasteiger partial charge >= 0.3 is 0 Å². The molecule has 0 aliphatic heterocycles. The molecule has 0 aromatic heterocycles. The smallest absolute Gasteiger partial charge is 0.129 e. The van der Waals surface area contributed by atoms with Gasteiger partial charge in [0.2, 0.25) is 0 Å². The minimum absolute atomic E-state index is 0.159. The van der Waals surface area contributed by atoms with E-state index in [1.165, 1.54) is 25.7 Å². The highest BCUT2D eigenvalue weighted by molar-refractivity contribution is 5.75. The summed E-state index contributed by atoms with van der Waals surface area (Å²) in [7, 11) is 0. The van der Waals surface area contributed by atoms with Crippen LogP contribution >= 0.6 is 0 Å². The average Bonchev–Trinajstić information content (AvgIpc) is 2.98. The van der Waals surface area contributed by atoms with Gasteiger partial charge in [0.05, 0.1) is 12.2 Å². The van der Waals surface area contributed by atoms with E-state index in [1.807, 2.05) is 0 Å². The normalized spacial score (nSPS) is 51.7. The summed E-state index contributed by atoms with van der Waals surface area (Å²) in [6.45, 7) is 9.08. The van der Waals surface area contributed by atoms with E-state index in [1.54, 1.807) is 6.92 Å². The Kier molecular flexibility index (Phi) is 5.49. The molecule has 3 nitrogen and oxygen atoms in total. The van der Waals surface area contributed by atoms with Crippen molar-refractivity contribution in [2.24, 2.45) is 46.3 Å². The third-order valence-electron chi connectivity index (χ3n) is 10.4. The van der Waals surface area contributed by atoms with Gasteiger partial charge in [-0.15, -0.1) is 0 Å². The monoisotopic (exact) mass is 390 g/mol. The number of hydrogen-bond donors (Lipinski definition) is 2. The standard InChI is InChI=1S/C25H42O3/c1-15(5-6-16(2)26)19-7-8-20-23-21(10-12-25(19,20)4)24(3)11-9-18(27)13-17(24)14-22(23)28/h15,17-23,27-28H,5-14H2,1-4H3. The number of carbonyl (C=O) groups excluding carboxylic acids is 1. The highest BCUT2D eigenvalue weighted by atomic mass is 16.3. The summed E-state index contributed by atoms with van der Waals surface area (Å²) in [5.74, 6) is 3.81. The molecule has 4 rings (SSSR count). The molecule has 4 aliphatic rings. The summed E-state index contributed by atoms with van der Waals surface area (Å²) < 4.78 is 0. The summed E-state index contributed by atoms with van der Waals surface area (Å²) in [4.78, 5) is 11.5. The molecule has 0 spiro atoms. The molecule has 160 valence electrons. The molecule has 10 atom stereocenters. The van der Waals surface area contributed by atoms with E-state index in [0.717, 1.165) is 38.5 Å². The van der Waals surface area contributed by atoms with Crippen LogP contribution in [0.2, 0.25) is 0 Å². The van der Waals surface area contributed by atoms with Crippen LogP contribution in [0.1, 0.15) is 91.9 Å². The molecular formula is C25H42O3. The molecule has 10 unspecified atom stereocenters. The van der Waals surface area contributed by atoms with E-state index < -0.39 is 0 Å². The van der Waals surface area contributed by atoms with Gasteiger partial charge in [0.1, 0.15) is 5.78 Å². The number of ketones is 1. The number of rotatable bonds is 4. The van der Waals surface area contributed by atoms with Crippen molar-refractivity contribution in [1.82, 2.24) is 0 Å². The molecule has 3 heteroatoms. The Hall–Kier alpha value is -0.410. The Bertz CT molecular complexity index is 603. The fourth-order valence-corrected chi connectivity index (χ4v) is 8.81. The lowest BCUT2D eigenvalue weighted by atomic mass is 9.43. The van der Waals surface area contributed by atoms with Crippen molar-refractivity contribution in [1.29, 1.82) is 0 Å². The topological polar surface area (TPSA) is 57.5 Å². The highest BCUT2D eigenvalue weighted by Gasteiger charge is 2.62. The molecule has 0 heterocycles. The SMILES string of the molecule is CC(=O)CCC(C)C1CCC2C3C(O)CC4CC(O)CCC4(C)C3CCC12C. The molecule has 0 bridgehead atoms. The Labute approximate surface area is 171 Å². The minimum Gasteiger partial charge on any atom is -0.393 e. The number of fused-ring (bicyclic) bond motifs is 5. The molecule has 2 N–H and O–H groups in total. The molecule has 4 aliphatic carbocycles. The Balaban J connectivity index is 1.55. The molecule has 0 radical (unpaired) electrons. The molecule has 4 fully saturated rings. The van der Waals surface area contributed by atoms with Crippen LogP contribution in [0.25, 0.3) is 0 Å². The minimum atomic E-state index is -0.190. The van der Waals surface area contributed by atoms with E-state index in [9.17, 15) is 15.0 Å². The quantitative estimate of drug-likeness (QED) is 0.711. The fourth-order valence-electron chi connectivity index (χ4n) is 8.81. The molecular weight excluding hydrogens is 348 g/mol. The fraction of sp³-hybridized carbons (Fsp3) is 0.960. The first-order valence-electron chi connectivity index (χ1n) is 12.0. The van der Waals surface area contributed by atoms with E-state index in [2.05, 4.69) is 20.8 Å². The lowest BCUT2D eigenvalue weighted by Gasteiger charge is -2.62. The zero-order valence-electron chi connectivity index (χ0n) is 18.5. The maximum atomic E-state index is 11.5. The molecule has 0 aromatic rings. The van der Waals surface area contributed by atoms with Gasteiger partial charge in [-0.05, 0) is 111 Å². The van der Waals surface area contributed by atoms with Crippen LogP contribution in [-0.4, -0.2) is 28.2 Å². The summed E-state index contributed by atoms with van der Waals surface area (Å²) in [6.07, 6.45) is 10.3. The molecule has 0 aromatic carbocycles. The maximum Gasteiger partial charge on any atom is 0.129 e. The second kappa shape index (κ2) is 7.38. The zero-order chi connectivity index (χ0) is 20.3. The predicted molar refractivity (Wildman–Crippen MR) is 112 cm³/mol. The summed E-state index contributed by atoms with van der Waals surface area (Å²) in [6, 6.07) is 0. The van der Waals surface area contributed by atoms with Crippen molar-refractivity contribution in [2.75, 3.05) is 0 Å². The van der Waals surface area contributed by atoms with E-state index in [0.29, 0.717) is 52.1 Å². The van der Waals surface area contributed by atoms with Crippen LogP contribution in [0.4, 0.5) is 0 Å². The van der Waals surface area contributed by atoms with Gasteiger partial charge in [-0.25, -0.2) is 0 Å². The molecule has 0 amide bonds. The lowest BCUT2D eigenvalue weighted by molar-refractivity contribution is -0.174. The zero-order valence-corrected chi connectivity index (χ0v) is 18.5. The van der Waals surface area contributed by atoms with Gasteiger partial charge in [0.15, 0.2) is 0 Å². The van der Waals surface area contributed by atoms with Crippen molar-refractivity contribution >= 4 is 5.78 Å². The second-order valence-electron chi connectivity index (χ2n) is 11.7. The first-order valence-corrected chi connectivity index (χ1v) is 12.0. The van der Waals surface area contributed by atoms with Gasteiger partial charge in [-0.1, -0.05) is 20.8 Å². The number of carbonyl (C=O) groups is 1. The van der Waals surface area contributed by atoms with Gasteiger partial charge in [-0.3, -0.25) is 0 Å². The Morgan fingerprint density at radius 2 is 1.68 bits per heavy atom. The van der Waals surface area contributed by atoms with Crippen molar-refractivity contribution < 1.29 is 15.0 Å². The van der Waals surface area contributed by atoms with E-state index >= 15 is 0 Å². The summed E-state index contributed by atoms with van der Waals surface area (Å²) in [5, 5.41) is 21.5. The average molecular weight is 391 g/mol. The van der Waals surface area contributed by atoms with Crippen LogP contribution in [0, 0.1) is 46.3 Å². The van der Waals surface area contributed by atoms with Crippen molar-refractivity contribution in [2.45, 2.75) is 104 Å². The second-order valence-corrected chi connectivity index (χ2v) is 11.7. The number of aliphatic hydroxyl groups is 2. The van der Waals surface area contributed by atoms with Gasteiger partial charge in [-0.2, -0.15) is 0 Å². The van der Waals surface area contributed by atoms with Crippen molar-refractivity contribution in [3.05, 3.63) is 0 Å². The third kappa shape index (κ3) is 3.20. The van der Waals surface area contributed by atoms with Gasteiger partial charge < -0.3 is 15.0 Å². The van der Waals surface area contributed by atoms with Gasteiger partial charge in [0, 0.05) is 6.42 Å². The Morgan fingerprint density at radius 3 is 2.39 bits per heavy atom. The van der Waals surface area contributed by atoms with E-state index in [-0.39, 0.29) is 12.2 Å². The lowest BCUT2D eigenvalue weighted by Crippen LogP contribution is -2.58. The largest absolute Gasteiger partial charge is 0.393 e. The number of aliphatic hydroxyl groups excluding tert-OH is 2. The molecule has 0 saturated heterocycles. The number of hydrogen-bond acceptors (Lipinski definition) is 3. The van der Waals surface area contributed by atoms with Crippen LogP contribution in [0.5, 0.6) is 0 Å². The van der Waals surface area contributed by atoms with Gasteiger partial charge in [0.25, 0.3) is 0 Å². The van der Waals surface area contributed by atoms with Crippen LogP contribution in [0.3, 0.4) is 0 Å². The van der Waals surface area contributed by atoms with Crippen LogP contribution < -0.4 is 0 Å². The molecule has 28 heavy (non-hydrogen) atoms. The maximum absolute atomic E-state index is 11.5. The molecule has 4 saturated carbocycles. The van der Waals surface area contributed by atoms with Crippen molar-refractivity contribution in [3.63, 3.8) is 0 Å². The van der Waals surface area contributed by atoms with Crippen molar-refractivity contribution in [3.8, 4) is 0 Å².